The summed E-state index contributed by atoms with van der Waals surface area (Å²) in [6.07, 6.45) is 29.5. The van der Waals surface area contributed by atoms with Gasteiger partial charge in [-0.3, -0.25) is 24.0 Å². The quantitative estimate of drug-likeness (QED) is 0.0247. The summed E-state index contributed by atoms with van der Waals surface area (Å²) in [5.74, 6) is 5.02. The van der Waals surface area contributed by atoms with Crippen molar-refractivity contribution in [3.8, 4) is 11.5 Å². The molecule has 0 saturated heterocycles. The number of hydrogen-bond donors (Lipinski definition) is 6. The number of thiophene rings is 2. The fourth-order valence-corrected chi connectivity index (χ4v) is 16.4. The Morgan fingerprint density at radius 1 is 0.598 bits per heavy atom. The second-order valence-corrected chi connectivity index (χ2v) is 25.5. The van der Waals surface area contributed by atoms with E-state index in [1.807, 2.05) is 22.9 Å². The van der Waals surface area contributed by atoms with E-state index in [1.54, 1.807) is 24.3 Å². The molecule has 2 aromatic carbocycles. The monoisotopic (exact) mass is 1380 g/mol. The second-order valence-electron chi connectivity index (χ2n) is 23.7. The molecular formula is C66H93AcN3O10S2. The van der Waals surface area contributed by atoms with Crippen LogP contribution in [0.2, 0.25) is 0 Å². The van der Waals surface area contributed by atoms with Crippen molar-refractivity contribution in [3.05, 3.63) is 93.7 Å². The zero-order chi connectivity index (χ0) is 56.2. The molecule has 2 amide bonds. The van der Waals surface area contributed by atoms with Crippen molar-refractivity contribution >= 4 is 72.6 Å². The third kappa shape index (κ3) is 18.0. The summed E-state index contributed by atoms with van der Waals surface area (Å²) in [5, 5.41) is 40.6. The Labute approximate surface area is 531 Å². The third-order valence-electron chi connectivity index (χ3n) is 18.6. The molecule has 3 unspecified atom stereocenters. The molecule has 4 aromatic rings. The van der Waals surface area contributed by atoms with Crippen molar-refractivity contribution in [2.24, 2.45) is 59.0 Å². The number of amides is 2. The van der Waals surface area contributed by atoms with Gasteiger partial charge in [-0.15, -0.1) is 22.7 Å². The summed E-state index contributed by atoms with van der Waals surface area (Å²) < 4.78 is 11.3. The summed E-state index contributed by atoms with van der Waals surface area (Å²) >= 11 is 3.06. The van der Waals surface area contributed by atoms with E-state index in [0.717, 1.165) is 83.4 Å². The Bertz CT molecular complexity index is 2860. The van der Waals surface area contributed by atoms with Crippen LogP contribution in [-0.4, -0.2) is 77.4 Å². The summed E-state index contributed by atoms with van der Waals surface area (Å²) in [5.41, 5.74) is 10.2. The molecule has 2 aromatic heterocycles. The van der Waals surface area contributed by atoms with Gasteiger partial charge in [-0.2, -0.15) is 0 Å². The van der Waals surface area contributed by atoms with E-state index in [0.29, 0.717) is 77.9 Å². The van der Waals surface area contributed by atoms with E-state index in [-0.39, 0.29) is 113 Å². The first-order chi connectivity index (χ1) is 38.1. The van der Waals surface area contributed by atoms with Crippen LogP contribution in [0.3, 0.4) is 0 Å². The molecular weight excluding hydrogens is 1290 g/mol. The number of hydrogen-bond acceptors (Lipinski definition) is 12. The van der Waals surface area contributed by atoms with Gasteiger partial charge >= 0.3 is 17.9 Å². The molecule has 447 valence electrons. The summed E-state index contributed by atoms with van der Waals surface area (Å²) in [6, 6.07) is 11.2. The third-order valence-corrected chi connectivity index (χ3v) is 20.5. The van der Waals surface area contributed by atoms with Crippen LogP contribution < -0.4 is 16.4 Å². The van der Waals surface area contributed by atoms with Crippen LogP contribution in [0.1, 0.15) is 184 Å². The number of carbonyl (C=O) groups is 5. The Balaban J connectivity index is 0.000000229. The van der Waals surface area contributed by atoms with Crippen LogP contribution >= 0.6 is 22.7 Å². The van der Waals surface area contributed by atoms with Gasteiger partial charge in [0.15, 0.2) is 0 Å². The second kappa shape index (κ2) is 33.0. The Morgan fingerprint density at radius 3 is 1.45 bits per heavy atom. The summed E-state index contributed by atoms with van der Waals surface area (Å²) in [7, 11) is 2.86. The molecule has 6 bridgehead atoms. The van der Waals surface area contributed by atoms with Crippen LogP contribution in [0.4, 0.5) is 0 Å². The summed E-state index contributed by atoms with van der Waals surface area (Å²) in [6.45, 7) is 4.29. The fourth-order valence-electron chi connectivity index (χ4n) is 14.6. The van der Waals surface area contributed by atoms with E-state index in [4.69, 9.17) is 15.6 Å². The molecule has 6 aliphatic rings. The minimum absolute atomic E-state index is 0. The van der Waals surface area contributed by atoms with E-state index in [2.05, 4.69) is 53.5 Å². The summed E-state index contributed by atoms with van der Waals surface area (Å²) in [4.78, 5) is 59.1. The first-order valence-electron chi connectivity index (χ1n) is 29.2. The van der Waals surface area contributed by atoms with Gasteiger partial charge < -0.3 is 41.2 Å². The average molecular weight is 1380 g/mol. The molecule has 13 nitrogen and oxygen atoms in total. The molecule has 0 aliphatic heterocycles. The number of fused-ring (bicyclic) bond motifs is 8. The number of phenolic OH excluding ortho intramolecular Hbond substituents is 2. The van der Waals surface area contributed by atoms with E-state index >= 15 is 0 Å². The van der Waals surface area contributed by atoms with Crippen LogP contribution in [0.25, 0.3) is 20.2 Å². The minimum Gasteiger partial charge on any atom is -0.508 e. The van der Waals surface area contributed by atoms with E-state index < -0.39 is 5.97 Å². The topological polar surface area (TPSA) is 215 Å². The molecule has 10 rings (SSSR count). The van der Waals surface area contributed by atoms with Crippen LogP contribution in [-0.2, 0) is 23.9 Å². The van der Waals surface area contributed by atoms with Gasteiger partial charge in [-0.25, -0.2) is 0 Å². The molecule has 6 saturated carbocycles. The molecule has 12 atom stereocenters. The van der Waals surface area contributed by atoms with Gasteiger partial charge in [0, 0.05) is 112 Å². The Kier molecular flexibility index (Phi) is 27.7. The minimum atomic E-state index is -0.744. The molecule has 0 spiro atoms. The van der Waals surface area contributed by atoms with Crippen LogP contribution in [0.5, 0.6) is 11.5 Å². The molecule has 7 N–H and O–H groups in total. The van der Waals surface area contributed by atoms with Crippen LogP contribution in [0.15, 0.2) is 82.6 Å². The van der Waals surface area contributed by atoms with Gasteiger partial charge in [0.05, 0.1) is 25.3 Å². The Hall–Kier alpha value is -4.07. The SMILES string of the molecule is C.C.C/C(=C/CCCC(=O)O)C[C@@H]1C(NC(=O)c2csc3ccc(O)cc23)[C@H]2CC[C@@H]1C2.COC(=O)CCC/C=C(/C)C[C@@H]1C(NC(=O)c2csc3ccc(O)cc23)[C@H]2CC[C@@H]1C2.COC(=O)CCC/C=C\C[C@@H]1C(N)[C@H]2CC[C@@H]1C2.[Ac]. The largest absolute Gasteiger partial charge is 0.508 e. The van der Waals surface area contributed by atoms with Crippen LogP contribution in [0, 0.1) is 97.3 Å². The number of aromatic hydroxyl groups is 2. The first kappa shape index (κ1) is 68.7. The number of nitrogens with two attached hydrogens (primary N) is 1. The fraction of sp³-hybridized carbons (Fsp3) is 0.591. The maximum absolute atomic E-state index is 13.2. The number of esters is 2. The number of aliphatic carboxylic acids is 1. The van der Waals surface area contributed by atoms with Gasteiger partial charge in [-0.05, 0) is 219 Å². The smallest absolute Gasteiger partial charge is 0.305 e. The zero-order valence-corrected chi connectivity index (χ0v) is 53.8. The molecule has 16 heteroatoms. The number of allylic oxidation sites excluding steroid dienone is 6. The number of carboxylic acid groups (broad SMARTS) is 1. The molecule has 6 aliphatic carbocycles. The van der Waals surface area contributed by atoms with Gasteiger partial charge in [0.1, 0.15) is 11.5 Å². The van der Waals surface area contributed by atoms with Crippen molar-refractivity contribution in [1.29, 1.82) is 0 Å². The number of benzene rings is 2. The first-order valence-corrected chi connectivity index (χ1v) is 31.0. The van der Waals surface area contributed by atoms with Gasteiger partial charge in [0.25, 0.3) is 11.8 Å². The average Bonchev–Trinajstić information content (AvgIpc) is 4.48. The van der Waals surface area contributed by atoms with E-state index in [1.165, 1.54) is 106 Å². The zero-order valence-electron chi connectivity index (χ0n) is 47.4. The molecule has 1 radical (unpaired) electrons. The maximum Gasteiger partial charge on any atom is 0.305 e. The number of nitrogens with one attached hydrogen (secondary N) is 2. The number of carbonyl (C=O) groups excluding carboxylic acids is 4. The number of ether oxygens (including phenoxy) is 2. The van der Waals surface area contributed by atoms with Crippen molar-refractivity contribution in [1.82, 2.24) is 10.6 Å². The normalized spacial score (nSPS) is 26.5. The maximum atomic E-state index is 13.2. The van der Waals surface area contributed by atoms with Crippen molar-refractivity contribution in [2.75, 3.05) is 14.2 Å². The number of phenols is 2. The molecule has 82 heavy (non-hydrogen) atoms. The standard InChI is InChI=1S/C25H31NO4S.C24H29NO4S.C15H25NO2.2CH4.Ac/c1-15(5-3-4-6-23(28)30-2)11-19-16-7-8-17(12-16)24(19)26-25(29)21-14-31-22-10-9-18(27)13-20(21)22;1-14(4-2-3-5-22(27)28)10-18-15-6-7-16(11-15)23(18)25-24(29)20-13-30-21-9-8-17(26)12-19(20)21;1-18-14(17)7-5-3-2-4-6-13-11-8-9-12(10-11)15(13)16;;;/h5,9-10,13-14,16-17,19,24,27H,3-4,6-8,11-12H2,1-2H3,(H,26,29);4,8-9,12-13,15-16,18,23,26H,2-3,5-7,10-11H2,1H3,(H,25,29)(H,27,28);2,4,11-13,15H,3,5-10,16H2,1H3;2*1H4;/b15-5-;14-4-;4-2-;;;/t16-,17+,19+,24?;15-,16+,18+,23?;11-,12+,13+,15?;;;/m111.../s1. The molecule has 6 fully saturated rings. The Morgan fingerprint density at radius 2 is 1.01 bits per heavy atom. The van der Waals surface area contributed by atoms with E-state index in [9.17, 15) is 34.2 Å². The number of unbranched alkanes of at least 4 members (excludes halogenated alkanes) is 3. The molecule has 2 heterocycles. The van der Waals surface area contributed by atoms with Crippen molar-refractivity contribution < 1.29 is 92.8 Å². The number of carboxylic acids is 1. The van der Waals surface area contributed by atoms with Gasteiger partial charge in [-0.1, -0.05) is 50.3 Å². The predicted octanol–water partition coefficient (Wildman–Crippen LogP) is 14.7. The number of rotatable bonds is 22. The predicted molar refractivity (Wildman–Crippen MR) is 328 cm³/mol. The van der Waals surface area contributed by atoms with Gasteiger partial charge in [0.2, 0.25) is 0 Å². The van der Waals surface area contributed by atoms with Crippen molar-refractivity contribution in [2.45, 2.75) is 182 Å². The number of methoxy groups -OCH3 is 2. The van der Waals surface area contributed by atoms with Crippen molar-refractivity contribution in [3.63, 3.8) is 0 Å².